The van der Waals surface area contributed by atoms with Gasteiger partial charge < -0.3 is 15.7 Å². The van der Waals surface area contributed by atoms with Crippen molar-refractivity contribution in [3.8, 4) is 0 Å². The molecule has 0 aliphatic heterocycles. The highest BCUT2D eigenvalue weighted by atomic mass is 16.4. The van der Waals surface area contributed by atoms with Gasteiger partial charge in [0.2, 0.25) is 0 Å². The lowest BCUT2D eigenvalue weighted by Gasteiger charge is -2.13. The zero-order valence-electron chi connectivity index (χ0n) is 12.3. The van der Waals surface area contributed by atoms with Crippen LogP contribution in [-0.4, -0.2) is 30.2 Å². The van der Waals surface area contributed by atoms with Crippen molar-refractivity contribution in [2.75, 3.05) is 13.1 Å². The Morgan fingerprint density at radius 3 is 2.70 bits per heavy atom. The van der Waals surface area contributed by atoms with E-state index in [2.05, 4.69) is 16.7 Å². The van der Waals surface area contributed by atoms with Crippen molar-refractivity contribution in [3.05, 3.63) is 11.6 Å². The van der Waals surface area contributed by atoms with Gasteiger partial charge in [-0.05, 0) is 44.9 Å². The third-order valence-electron chi connectivity index (χ3n) is 3.64. The lowest BCUT2D eigenvalue weighted by Crippen LogP contribution is -2.36. The summed E-state index contributed by atoms with van der Waals surface area (Å²) >= 11 is 0. The van der Waals surface area contributed by atoms with E-state index in [9.17, 15) is 9.59 Å². The number of carboxylic acid groups (broad SMARTS) is 1. The van der Waals surface area contributed by atoms with Gasteiger partial charge in [-0.1, -0.05) is 18.6 Å². The number of allylic oxidation sites excluding steroid dienone is 1. The summed E-state index contributed by atoms with van der Waals surface area (Å²) in [4.78, 5) is 22.1. The van der Waals surface area contributed by atoms with Crippen LogP contribution in [0.15, 0.2) is 11.6 Å². The number of hydrogen-bond donors (Lipinski definition) is 3. The summed E-state index contributed by atoms with van der Waals surface area (Å²) in [5.41, 5.74) is 1.45. The van der Waals surface area contributed by atoms with Crippen LogP contribution < -0.4 is 10.6 Å². The maximum absolute atomic E-state index is 11.5. The highest BCUT2D eigenvalue weighted by Crippen LogP contribution is 2.19. The first-order chi connectivity index (χ1) is 9.59. The fourth-order valence-electron chi connectivity index (χ4n) is 2.26. The van der Waals surface area contributed by atoms with Gasteiger partial charge in [0.25, 0.3) is 0 Å². The van der Waals surface area contributed by atoms with Crippen molar-refractivity contribution >= 4 is 12.0 Å². The molecule has 5 nitrogen and oxygen atoms in total. The number of amides is 2. The van der Waals surface area contributed by atoms with Crippen LogP contribution in [0.25, 0.3) is 0 Å². The third kappa shape index (κ3) is 7.16. The molecule has 5 heteroatoms. The Kier molecular flexibility index (Phi) is 7.77. The van der Waals surface area contributed by atoms with E-state index in [1.54, 1.807) is 6.92 Å². The van der Waals surface area contributed by atoms with Gasteiger partial charge in [0.1, 0.15) is 0 Å². The molecule has 1 unspecified atom stereocenters. The quantitative estimate of drug-likeness (QED) is 0.473. The molecule has 0 fully saturated rings. The fourth-order valence-corrected chi connectivity index (χ4v) is 2.26. The molecule has 0 radical (unpaired) electrons. The van der Waals surface area contributed by atoms with Gasteiger partial charge in [-0.15, -0.1) is 0 Å². The molecule has 0 heterocycles. The van der Waals surface area contributed by atoms with E-state index in [-0.39, 0.29) is 11.9 Å². The number of aliphatic carboxylic acids is 1. The molecule has 0 saturated heterocycles. The van der Waals surface area contributed by atoms with Crippen LogP contribution in [0.3, 0.4) is 0 Å². The van der Waals surface area contributed by atoms with Gasteiger partial charge >= 0.3 is 12.0 Å². The number of carbonyl (C=O) groups is 2. The molecule has 1 aliphatic carbocycles. The molecule has 0 bridgehead atoms. The minimum atomic E-state index is -0.782. The monoisotopic (exact) mass is 282 g/mol. The summed E-state index contributed by atoms with van der Waals surface area (Å²) in [6.45, 7) is 2.87. The molecule has 3 N–H and O–H groups in total. The van der Waals surface area contributed by atoms with Gasteiger partial charge in [0.05, 0.1) is 5.92 Å². The van der Waals surface area contributed by atoms with Crippen LogP contribution in [0.1, 0.15) is 51.9 Å². The smallest absolute Gasteiger partial charge is 0.314 e. The standard InChI is InChI=1S/C15H26N2O3/c1-12(14(18)19)6-5-10-16-15(20)17-11-9-13-7-3-2-4-8-13/h7,12H,2-6,8-11H2,1H3,(H,18,19)(H2,16,17,20). The number of carboxylic acids is 1. The van der Waals surface area contributed by atoms with Crippen LogP contribution in [-0.2, 0) is 4.79 Å². The van der Waals surface area contributed by atoms with Gasteiger partial charge in [0.15, 0.2) is 0 Å². The third-order valence-corrected chi connectivity index (χ3v) is 3.64. The second-order valence-corrected chi connectivity index (χ2v) is 5.42. The lowest BCUT2D eigenvalue weighted by molar-refractivity contribution is -0.141. The number of hydrogen-bond acceptors (Lipinski definition) is 2. The van der Waals surface area contributed by atoms with Crippen LogP contribution in [0, 0.1) is 5.92 Å². The summed E-state index contributed by atoms with van der Waals surface area (Å²) in [7, 11) is 0. The van der Waals surface area contributed by atoms with E-state index in [4.69, 9.17) is 5.11 Å². The van der Waals surface area contributed by atoms with Gasteiger partial charge in [-0.2, -0.15) is 0 Å². The van der Waals surface area contributed by atoms with Gasteiger partial charge in [-0.25, -0.2) is 4.79 Å². The molecule has 1 atom stereocenters. The number of nitrogens with one attached hydrogen (secondary N) is 2. The van der Waals surface area contributed by atoms with Crippen LogP contribution in [0.2, 0.25) is 0 Å². The summed E-state index contributed by atoms with van der Waals surface area (Å²) in [6, 6.07) is -0.163. The average molecular weight is 282 g/mol. The largest absolute Gasteiger partial charge is 0.481 e. The Morgan fingerprint density at radius 2 is 2.05 bits per heavy atom. The zero-order chi connectivity index (χ0) is 14.8. The van der Waals surface area contributed by atoms with E-state index in [1.165, 1.54) is 24.8 Å². The van der Waals surface area contributed by atoms with Crippen LogP contribution >= 0.6 is 0 Å². The normalized spacial score (nSPS) is 16.1. The summed E-state index contributed by atoms with van der Waals surface area (Å²) in [5.74, 6) is -1.13. The predicted octanol–water partition coefficient (Wildman–Crippen LogP) is 2.68. The Balaban J connectivity index is 2.00. The number of carbonyl (C=O) groups excluding carboxylic acids is 1. The Bertz CT molecular complexity index is 353. The maximum atomic E-state index is 11.5. The van der Waals surface area contributed by atoms with Crippen molar-refractivity contribution in [2.24, 2.45) is 5.92 Å². The minimum Gasteiger partial charge on any atom is -0.481 e. The van der Waals surface area contributed by atoms with E-state index >= 15 is 0 Å². The van der Waals surface area contributed by atoms with Gasteiger partial charge in [0, 0.05) is 13.1 Å². The Hall–Kier alpha value is -1.52. The van der Waals surface area contributed by atoms with Crippen LogP contribution in [0.4, 0.5) is 4.79 Å². The molecule has 0 saturated carbocycles. The van der Waals surface area contributed by atoms with Crippen LogP contribution in [0.5, 0.6) is 0 Å². The molecule has 20 heavy (non-hydrogen) atoms. The van der Waals surface area contributed by atoms with E-state index in [0.717, 1.165) is 12.8 Å². The minimum absolute atomic E-state index is 0.163. The molecule has 2 amide bonds. The zero-order valence-corrected chi connectivity index (χ0v) is 12.3. The Morgan fingerprint density at radius 1 is 1.30 bits per heavy atom. The maximum Gasteiger partial charge on any atom is 0.314 e. The second-order valence-electron chi connectivity index (χ2n) is 5.42. The molecule has 0 aromatic heterocycles. The predicted molar refractivity (Wildman–Crippen MR) is 78.6 cm³/mol. The highest BCUT2D eigenvalue weighted by Gasteiger charge is 2.10. The van der Waals surface area contributed by atoms with E-state index in [0.29, 0.717) is 25.9 Å². The average Bonchev–Trinajstić information content (AvgIpc) is 2.44. The first-order valence-corrected chi connectivity index (χ1v) is 7.52. The van der Waals surface area contributed by atoms with Crippen molar-refractivity contribution in [1.29, 1.82) is 0 Å². The van der Waals surface area contributed by atoms with Crippen molar-refractivity contribution in [3.63, 3.8) is 0 Å². The molecule has 1 aliphatic rings. The molecule has 0 aromatic rings. The molecule has 0 aromatic carbocycles. The molecular formula is C15H26N2O3. The Labute approximate surface area is 120 Å². The highest BCUT2D eigenvalue weighted by molar-refractivity contribution is 5.73. The first-order valence-electron chi connectivity index (χ1n) is 7.52. The molecule has 114 valence electrons. The molecular weight excluding hydrogens is 256 g/mol. The van der Waals surface area contributed by atoms with Crippen molar-refractivity contribution in [1.82, 2.24) is 10.6 Å². The lowest BCUT2D eigenvalue weighted by atomic mass is 9.97. The first kappa shape index (κ1) is 16.5. The van der Waals surface area contributed by atoms with Gasteiger partial charge in [-0.3, -0.25) is 4.79 Å². The summed E-state index contributed by atoms with van der Waals surface area (Å²) in [6.07, 6.45) is 9.38. The molecule has 1 rings (SSSR count). The SMILES string of the molecule is CC(CCCNC(=O)NCCC1=CCCCC1)C(=O)O. The van der Waals surface area contributed by atoms with Crippen molar-refractivity contribution in [2.45, 2.75) is 51.9 Å². The molecule has 0 spiro atoms. The number of rotatable bonds is 8. The second kappa shape index (κ2) is 9.39. The summed E-state index contributed by atoms with van der Waals surface area (Å²) < 4.78 is 0. The fraction of sp³-hybridized carbons (Fsp3) is 0.733. The number of urea groups is 1. The topological polar surface area (TPSA) is 78.4 Å². The van der Waals surface area contributed by atoms with Crippen molar-refractivity contribution < 1.29 is 14.7 Å². The summed E-state index contributed by atoms with van der Waals surface area (Å²) in [5, 5.41) is 14.3. The van der Waals surface area contributed by atoms with E-state index in [1.807, 2.05) is 0 Å². The van der Waals surface area contributed by atoms with E-state index < -0.39 is 5.97 Å².